The van der Waals surface area contributed by atoms with Crippen LogP contribution in [0.2, 0.25) is 0 Å². The molecule has 0 fully saturated rings. The second-order valence-electron chi connectivity index (χ2n) is 4.64. The van der Waals surface area contributed by atoms with Crippen molar-refractivity contribution in [2.75, 3.05) is 0 Å². The number of para-hydroxylation sites is 1. The molecule has 0 aromatic heterocycles. The summed E-state index contributed by atoms with van der Waals surface area (Å²) in [5.41, 5.74) is 1.72. The minimum Gasteiger partial charge on any atom is -0.508 e. The first-order valence-electron chi connectivity index (χ1n) is 6.57. The van der Waals surface area contributed by atoms with E-state index in [9.17, 15) is 9.50 Å². The van der Waals surface area contributed by atoms with Gasteiger partial charge in [-0.2, -0.15) is 0 Å². The van der Waals surface area contributed by atoms with Gasteiger partial charge in [-0.15, -0.1) is 0 Å². The lowest BCUT2D eigenvalue weighted by Gasteiger charge is -2.19. The number of benzene rings is 2. The van der Waals surface area contributed by atoms with Crippen molar-refractivity contribution in [3.8, 4) is 5.75 Å². The van der Waals surface area contributed by atoms with Gasteiger partial charge in [0.15, 0.2) is 0 Å². The molecule has 1 atom stereocenters. The van der Waals surface area contributed by atoms with E-state index in [1.54, 1.807) is 18.2 Å². The molecule has 2 rings (SSSR count). The van der Waals surface area contributed by atoms with E-state index in [0.717, 1.165) is 22.0 Å². The van der Waals surface area contributed by atoms with Crippen LogP contribution in [0.1, 0.15) is 30.5 Å². The molecule has 0 bridgehead atoms. The third-order valence-corrected chi connectivity index (χ3v) is 4.04. The number of rotatable bonds is 5. The number of hydrogen-bond donors (Lipinski definition) is 2. The predicted molar refractivity (Wildman–Crippen MR) is 82.1 cm³/mol. The quantitative estimate of drug-likeness (QED) is 0.839. The highest BCUT2D eigenvalue weighted by Crippen LogP contribution is 2.27. The van der Waals surface area contributed by atoms with Crippen LogP contribution in [0.25, 0.3) is 0 Å². The summed E-state index contributed by atoms with van der Waals surface area (Å²) in [6.07, 6.45) is 0.838. The fourth-order valence-corrected chi connectivity index (χ4v) is 2.56. The first kappa shape index (κ1) is 15.0. The van der Waals surface area contributed by atoms with Crippen molar-refractivity contribution in [2.24, 2.45) is 0 Å². The molecule has 0 aliphatic rings. The highest BCUT2D eigenvalue weighted by Gasteiger charge is 2.13. The van der Waals surface area contributed by atoms with Crippen LogP contribution in [0, 0.1) is 5.82 Å². The average molecular weight is 338 g/mol. The monoisotopic (exact) mass is 337 g/mol. The summed E-state index contributed by atoms with van der Waals surface area (Å²) in [7, 11) is 0. The highest BCUT2D eigenvalue weighted by atomic mass is 79.9. The minimum absolute atomic E-state index is 0.0337. The van der Waals surface area contributed by atoms with Crippen molar-refractivity contribution < 1.29 is 9.50 Å². The van der Waals surface area contributed by atoms with E-state index in [1.165, 1.54) is 12.1 Å². The molecule has 1 unspecified atom stereocenters. The van der Waals surface area contributed by atoms with Gasteiger partial charge in [0.2, 0.25) is 0 Å². The van der Waals surface area contributed by atoms with Crippen molar-refractivity contribution in [3.63, 3.8) is 0 Å². The zero-order valence-electron chi connectivity index (χ0n) is 11.2. The van der Waals surface area contributed by atoms with Crippen LogP contribution in [0.4, 0.5) is 4.39 Å². The Labute approximate surface area is 126 Å². The first-order chi connectivity index (χ1) is 9.61. The predicted octanol–water partition coefficient (Wildman–Crippen LogP) is 4.53. The van der Waals surface area contributed by atoms with E-state index in [-0.39, 0.29) is 17.6 Å². The third kappa shape index (κ3) is 3.58. The Morgan fingerprint density at radius 2 is 2.00 bits per heavy atom. The van der Waals surface area contributed by atoms with E-state index in [2.05, 4.69) is 21.2 Å². The summed E-state index contributed by atoms with van der Waals surface area (Å²) < 4.78 is 14.1. The lowest BCUT2D eigenvalue weighted by atomic mass is 10.0. The molecule has 2 aromatic carbocycles. The Morgan fingerprint density at radius 3 is 2.70 bits per heavy atom. The molecule has 2 N–H and O–H groups in total. The van der Waals surface area contributed by atoms with Gasteiger partial charge >= 0.3 is 0 Å². The number of phenolic OH excluding ortho intramolecular Hbond substituents is 1. The van der Waals surface area contributed by atoms with Gasteiger partial charge < -0.3 is 10.4 Å². The molecule has 20 heavy (non-hydrogen) atoms. The molecule has 0 radical (unpaired) electrons. The van der Waals surface area contributed by atoms with E-state index >= 15 is 0 Å². The van der Waals surface area contributed by atoms with Crippen LogP contribution in [-0.2, 0) is 6.54 Å². The van der Waals surface area contributed by atoms with E-state index < -0.39 is 0 Å². The molecule has 0 heterocycles. The van der Waals surface area contributed by atoms with Crippen molar-refractivity contribution >= 4 is 15.9 Å². The van der Waals surface area contributed by atoms with Crippen molar-refractivity contribution in [1.82, 2.24) is 5.32 Å². The summed E-state index contributed by atoms with van der Waals surface area (Å²) in [6.45, 7) is 2.58. The maximum atomic E-state index is 13.3. The molecular formula is C16H17BrFNO. The van der Waals surface area contributed by atoms with Gasteiger partial charge in [-0.1, -0.05) is 41.1 Å². The third-order valence-electron chi connectivity index (χ3n) is 3.27. The molecule has 0 aliphatic heterocycles. The van der Waals surface area contributed by atoms with Crippen LogP contribution in [-0.4, -0.2) is 5.11 Å². The zero-order chi connectivity index (χ0) is 14.5. The Morgan fingerprint density at radius 1 is 1.25 bits per heavy atom. The van der Waals surface area contributed by atoms with Gasteiger partial charge in [0.05, 0.1) is 0 Å². The van der Waals surface area contributed by atoms with E-state index in [0.29, 0.717) is 6.54 Å². The van der Waals surface area contributed by atoms with Crippen molar-refractivity contribution in [3.05, 3.63) is 63.9 Å². The van der Waals surface area contributed by atoms with Crippen LogP contribution >= 0.6 is 15.9 Å². The van der Waals surface area contributed by atoms with Crippen LogP contribution in [0.5, 0.6) is 5.75 Å². The largest absolute Gasteiger partial charge is 0.508 e. The van der Waals surface area contributed by atoms with Gasteiger partial charge in [0.1, 0.15) is 11.6 Å². The zero-order valence-corrected chi connectivity index (χ0v) is 12.8. The average Bonchev–Trinajstić information content (AvgIpc) is 2.45. The Balaban J connectivity index is 2.12. The SMILES string of the molecule is CCC(NCc1cc(F)ccc1Br)c1ccccc1O. The smallest absolute Gasteiger partial charge is 0.123 e. The number of hydrogen-bond acceptors (Lipinski definition) is 2. The van der Waals surface area contributed by atoms with Crippen molar-refractivity contribution in [2.45, 2.75) is 25.9 Å². The van der Waals surface area contributed by atoms with Gasteiger partial charge in [-0.25, -0.2) is 4.39 Å². The minimum atomic E-state index is -0.249. The standard InChI is InChI=1S/C16H17BrFNO/c1-2-15(13-5-3-4-6-16(13)20)19-10-11-9-12(18)7-8-14(11)17/h3-9,15,19-20H,2,10H2,1H3. The van der Waals surface area contributed by atoms with Crippen LogP contribution < -0.4 is 5.32 Å². The normalized spacial score (nSPS) is 12.3. The Bertz CT molecular complexity index is 588. The molecule has 2 aromatic rings. The lowest BCUT2D eigenvalue weighted by Crippen LogP contribution is -2.20. The topological polar surface area (TPSA) is 32.3 Å². The number of halogens is 2. The number of nitrogens with one attached hydrogen (secondary N) is 1. The van der Waals surface area contributed by atoms with Gasteiger partial charge in [-0.3, -0.25) is 0 Å². The van der Waals surface area contributed by atoms with Gasteiger partial charge in [-0.05, 0) is 36.2 Å². The Kier molecular flexibility index (Phi) is 5.15. The molecule has 2 nitrogen and oxygen atoms in total. The van der Waals surface area contributed by atoms with E-state index in [4.69, 9.17) is 0 Å². The molecule has 0 saturated heterocycles. The molecule has 0 amide bonds. The molecule has 4 heteroatoms. The summed E-state index contributed by atoms with van der Waals surface area (Å²) in [5, 5.41) is 13.3. The van der Waals surface area contributed by atoms with E-state index in [1.807, 2.05) is 19.1 Å². The number of phenols is 1. The summed E-state index contributed by atoms with van der Waals surface area (Å²) in [5.74, 6) is 0.0331. The summed E-state index contributed by atoms with van der Waals surface area (Å²) in [4.78, 5) is 0. The maximum absolute atomic E-state index is 13.3. The maximum Gasteiger partial charge on any atom is 0.123 e. The van der Waals surface area contributed by atoms with Crippen LogP contribution in [0.3, 0.4) is 0 Å². The van der Waals surface area contributed by atoms with Crippen LogP contribution in [0.15, 0.2) is 46.9 Å². The second-order valence-corrected chi connectivity index (χ2v) is 5.49. The summed E-state index contributed by atoms with van der Waals surface area (Å²) in [6, 6.07) is 11.9. The molecular weight excluding hydrogens is 321 g/mol. The second kappa shape index (κ2) is 6.86. The molecule has 0 aliphatic carbocycles. The van der Waals surface area contributed by atoms with Crippen molar-refractivity contribution in [1.29, 1.82) is 0 Å². The van der Waals surface area contributed by atoms with Gasteiger partial charge in [0.25, 0.3) is 0 Å². The fourth-order valence-electron chi connectivity index (χ4n) is 2.17. The number of aromatic hydroxyl groups is 1. The first-order valence-corrected chi connectivity index (χ1v) is 7.36. The lowest BCUT2D eigenvalue weighted by molar-refractivity contribution is 0.440. The Hall–Kier alpha value is -1.39. The summed E-state index contributed by atoms with van der Waals surface area (Å²) >= 11 is 3.42. The highest BCUT2D eigenvalue weighted by molar-refractivity contribution is 9.10. The van der Waals surface area contributed by atoms with Gasteiger partial charge in [0, 0.05) is 22.6 Å². The molecule has 0 spiro atoms. The molecule has 106 valence electrons. The fraction of sp³-hybridized carbons (Fsp3) is 0.250. The molecule has 0 saturated carbocycles.